The van der Waals surface area contributed by atoms with Gasteiger partial charge in [0.1, 0.15) is 11.6 Å². The number of aromatic nitrogens is 4. The zero-order chi connectivity index (χ0) is 16.2. The number of nitrogens with zero attached hydrogens (tertiary/aromatic N) is 4. The second-order valence-corrected chi connectivity index (χ2v) is 6.23. The van der Waals surface area contributed by atoms with Crippen molar-refractivity contribution in [3.05, 3.63) is 11.6 Å². The summed E-state index contributed by atoms with van der Waals surface area (Å²) in [7, 11) is 0. The zero-order valence-electron chi connectivity index (χ0n) is 12.7. The molecule has 0 aliphatic rings. The molecule has 0 bridgehead atoms. The molecule has 2 aromatic heterocycles. The summed E-state index contributed by atoms with van der Waals surface area (Å²) in [5.41, 5.74) is 25.5. The zero-order valence-corrected chi connectivity index (χ0v) is 12.7. The Morgan fingerprint density at radius 1 is 0.773 bits per heavy atom. The Labute approximate surface area is 126 Å². The monoisotopic (exact) mass is 298 g/mol. The summed E-state index contributed by atoms with van der Waals surface area (Å²) in [6.07, 6.45) is 0. The van der Waals surface area contributed by atoms with E-state index in [0.717, 1.165) is 5.56 Å². The van der Waals surface area contributed by atoms with Gasteiger partial charge in [-0.3, -0.25) is 0 Å². The molecule has 0 atom stereocenters. The van der Waals surface area contributed by atoms with Crippen LogP contribution in [-0.2, 0) is 5.41 Å². The van der Waals surface area contributed by atoms with Gasteiger partial charge in [-0.1, -0.05) is 20.8 Å². The van der Waals surface area contributed by atoms with Crippen molar-refractivity contribution >= 4 is 45.3 Å². The number of anilines is 4. The summed E-state index contributed by atoms with van der Waals surface area (Å²) in [6, 6.07) is 1.92. The van der Waals surface area contributed by atoms with Crippen molar-refractivity contribution in [2.24, 2.45) is 0 Å². The lowest BCUT2D eigenvalue weighted by Crippen LogP contribution is -2.15. The van der Waals surface area contributed by atoms with Gasteiger partial charge in [-0.25, -0.2) is 9.97 Å². The number of hydrogen-bond donors (Lipinski definition) is 4. The van der Waals surface area contributed by atoms with Crippen LogP contribution in [0.3, 0.4) is 0 Å². The van der Waals surface area contributed by atoms with Gasteiger partial charge in [0.05, 0.1) is 16.4 Å². The Kier molecular flexibility index (Phi) is 2.74. The van der Waals surface area contributed by atoms with Crippen LogP contribution in [0.15, 0.2) is 6.07 Å². The molecule has 2 heterocycles. The quantitative estimate of drug-likeness (QED) is 0.451. The molecular formula is C14H18N8. The summed E-state index contributed by atoms with van der Waals surface area (Å²) in [5.74, 6) is 0.734. The lowest BCUT2D eigenvalue weighted by atomic mass is 9.84. The van der Waals surface area contributed by atoms with Crippen molar-refractivity contribution in [1.82, 2.24) is 19.9 Å². The van der Waals surface area contributed by atoms with E-state index in [-0.39, 0.29) is 23.1 Å². The van der Waals surface area contributed by atoms with Crippen LogP contribution in [0.5, 0.6) is 0 Å². The molecule has 0 amide bonds. The molecular weight excluding hydrogens is 280 g/mol. The first-order valence-corrected chi connectivity index (χ1v) is 6.77. The third-order valence-corrected chi connectivity index (χ3v) is 3.54. The smallest absolute Gasteiger partial charge is 0.222 e. The van der Waals surface area contributed by atoms with Crippen LogP contribution in [0.25, 0.3) is 21.8 Å². The highest BCUT2D eigenvalue weighted by Crippen LogP contribution is 2.37. The van der Waals surface area contributed by atoms with Gasteiger partial charge in [0.15, 0.2) is 0 Å². The van der Waals surface area contributed by atoms with Crippen LogP contribution >= 0.6 is 0 Å². The Balaban J connectivity index is 2.66. The summed E-state index contributed by atoms with van der Waals surface area (Å²) >= 11 is 0. The van der Waals surface area contributed by atoms with Crippen molar-refractivity contribution < 1.29 is 0 Å². The predicted octanol–water partition coefficient (Wildman–Crippen LogP) is 1.20. The Morgan fingerprint density at radius 3 is 1.91 bits per heavy atom. The highest BCUT2D eigenvalue weighted by atomic mass is 15.1. The molecule has 0 spiro atoms. The van der Waals surface area contributed by atoms with Gasteiger partial charge in [0.25, 0.3) is 0 Å². The molecule has 8 N–H and O–H groups in total. The Hall–Kier alpha value is -2.90. The predicted molar refractivity (Wildman–Crippen MR) is 89.0 cm³/mol. The first-order chi connectivity index (χ1) is 10.2. The Bertz CT molecular complexity index is 910. The molecule has 0 fully saturated rings. The fourth-order valence-electron chi connectivity index (χ4n) is 2.55. The second-order valence-electron chi connectivity index (χ2n) is 6.23. The normalized spacial score (nSPS) is 12.1. The average molecular weight is 298 g/mol. The molecule has 0 saturated carbocycles. The molecule has 1 aromatic carbocycles. The van der Waals surface area contributed by atoms with E-state index in [1.165, 1.54) is 0 Å². The summed E-state index contributed by atoms with van der Waals surface area (Å²) < 4.78 is 0. The molecule has 0 aliphatic carbocycles. The van der Waals surface area contributed by atoms with E-state index in [1.54, 1.807) is 0 Å². The van der Waals surface area contributed by atoms with Crippen LogP contribution in [0.1, 0.15) is 26.3 Å². The number of benzene rings is 1. The summed E-state index contributed by atoms with van der Waals surface area (Å²) in [6.45, 7) is 6.20. The van der Waals surface area contributed by atoms with E-state index in [9.17, 15) is 0 Å². The molecule has 8 nitrogen and oxygen atoms in total. The van der Waals surface area contributed by atoms with Crippen LogP contribution in [0, 0.1) is 0 Å². The highest BCUT2D eigenvalue weighted by Gasteiger charge is 2.23. The van der Waals surface area contributed by atoms with Gasteiger partial charge >= 0.3 is 0 Å². The molecule has 3 aromatic rings. The lowest BCUT2D eigenvalue weighted by Gasteiger charge is -2.22. The standard InChI is InChI=1S/C14H18N8/c1-14(2,3)6-4-5-8(19-12(17)21-10(5)15)7-9(6)20-13(18)22-11(7)16/h4H,1-3H3,(H4,15,17,19,21)(H4,16,18,20,22). The first kappa shape index (κ1) is 14.1. The van der Waals surface area contributed by atoms with Gasteiger partial charge in [-0.05, 0) is 17.0 Å². The number of hydrogen-bond acceptors (Lipinski definition) is 8. The maximum absolute atomic E-state index is 6.06. The van der Waals surface area contributed by atoms with Crippen molar-refractivity contribution in [3.63, 3.8) is 0 Å². The van der Waals surface area contributed by atoms with Gasteiger partial charge in [0.2, 0.25) is 11.9 Å². The molecule has 0 saturated heterocycles. The maximum atomic E-state index is 6.06. The van der Waals surface area contributed by atoms with Gasteiger partial charge in [-0.2, -0.15) is 9.97 Å². The van der Waals surface area contributed by atoms with Crippen LogP contribution in [-0.4, -0.2) is 19.9 Å². The average Bonchev–Trinajstić information content (AvgIpc) is 2.35. The molecule has 0 radical (unpaired) electrons. The highest BCUT2D eigenvalue weighted by molar-refractivity contribution is 6.13. The van der Waals surface area contributed by atoms with Gasteiger partial charge in [-0.15, -0.1) is 0 Å². The topological polar surface area (TPSA) is 156 Å². The lowest BCUT2D eigenvalue weighted by molar-refractivity contribution is 0.595. The number of fused-ring (bicyclic) bond motifs is 3. The van der Waals surface area contributed by atoms with Gasteiger partial charge in [0, 0.05) is 5.39 Å². The third kappa shape index (κ3) is 2.00. The van der Waals surface area contributed by atoms with Crippen molar-refractivity contribution in [3.8, 4) is 0 Å². The van der Waals surface area contributed by atoms with Gasteiger partial charge < -0.3 is 22.9 Å². The molecule has 114 valence electrons. The first-order valence-electron chi connectivity index (χ1n) is 6.77. The summed E-state index contributed by atoms with van der Waals surface area (Å²) in [5, 5.41) is 1.27. The Morgan fingerprint density at radius 2 is 1.32 bits per heavy atom. The van der Waals surface area contributed by atoms with E-state index in [1.807, 2.05) is 6.07 Å². The molecule has 0 unspecified atom stereocenters. The number of nitrogen functional groups attached to an aromatic ring is 4. The minimum Gasteiger partial charge on any atom is -0.383 e. The second kappa shape index (κ2) is 4.30. The van der Waals surface area contributed by atoms with E-state index in [2.05, 4.69) is 40.7 Å². The van der Waals surface area contributed by atoms with Crippen molar-refractivity contribution in [2.45, 2.75) is 26.2 Å². The van der Waals surface area contributed by atoms with E-state index in [0.29, 0.717) is 27.6 Å². The van der Waals surface area contributed by atoms with Crippen molar-refractivity contribution in [2.75, 3.05) is 22.9 Å². The van der Waals surface area contributed by atoms with E-state index >= 15 is 0 Å². The summed E-state index contributed by atoms with van der Waals surface area (Å²) in [4.78, 5) is 16.7. The third-order valence-electron chi connectivity index (χ3n) is 3.54. The minimum atomic E-state index is -0.201. The molecule has 0 aliphatic heterocycles. The van der Waals surface area contributed by atoms with Crippen LogP contribution in [0.4, 0.5) is 23.5 Å². The van der Waals surface area contributed by atoms with E-state index < -0.39 is 0 Å². The molecule has 8 heteroatoms. The molecule has 22 heavy (non-hydrogen) atoms. The SMILES string of the molecule is CC(C)(C)c1cc2c(N)nc(N)nc2c2c(N)nc(N)nc12. The fourth-order valence-corrected chi connectivity index (χ4v) is 2.55. The van der Waals surface area contributed by atoms with Crippen LogP contribution < -0.4 is 22.9 Å². The number of nitrogens with two attached hydrogens (primary N) is 4. The largest absolute Gasteiger partial charge is 0.383 e. The maximum Gasteiger partial charge on any atom is 0.222 e. The minimum absolute atomic E-state index is 0.0750. The van der Waals surface area contributed by atoms with Crippen LogP contribution in [0.2, 0.25) is 0 Å². The number of rotatable bonds is 0. The molecule has 3 rings (SSSR count). The van der Waals surface area contributed by atoms with E-state index in [4.69, 9.17) is 22.9 Å². The fraction of sp³-hybridized carbons (Fsp3) is 0.286. The van der Waals surface area contributed by atoms with Crippen molar-refractivity contribution in [1.29, 1.82) is 0 Å².